The number of amides is 2. The summed E-state index contributed by atoms with van der Waals surface area (Å²) >= 11 is 12.7. The maximum Gasteiger partial charge on any atom is 0.339 e. The Labute approximate surface area is 216 Å². The van der Waals surface area contributed by atoms with Crippen LogP contribution in [0.15, 0.2) is 76.5 Å². The standard InChI is InChI=1S/C24H17Cl2NO6S2/c1-32-20-9-5-6-16(22(20)33-35(30,31)17-7-3-2-4-8-17)13-21-23(28)27(24(29)34-21)14-15-10-11-18(25)19(26)12-15/h2-13H,14H2,1H3/b21-13-. The molecule has 1 fully saturated rings. The minimum absolute atomic E-state index is 0.00273. The number of rotatable bonds is 7. The number of para-hydroxylation sites is 1. The molecule has 0 aromatic heterocycles. The highest BCUT2D eigenvalue weighted by molar-refractivity contribution is 8.18. The summed E-state index contributed by atoms with van der Waals surface area (Å²) in [5.41, 5.74) is 0.881. The zero-order valence-electron chi connectivity index (χ0n) is 18.1. The Morgan fingerprint density at radius 1 is 0.971 bits per heavy atom. The molecule has 3 aromatic carbocycles. The van der Waals surface area contributed by atoms with Gasteiger partial charge in [-0.15, -0.1) is 0 Å². The zero-order chi connectivity index (χ0) is 25.2. The number of hydrogen-bond acceptors (Lipinski definition) is 7. The molecule has 1 saturated heterocycles. The number of thioether (sulfide) groups is 1. The second-order valence-electron chi connectivity index (χ2n) is 7.25. The first kappa shape index (κ1) is 25.1. The third-order valence-corrected chi connectivity index (χ3v) is 7.82. The Bertz CT molecular complexity index is 1440. The first-order valence-corrected chi connectivity index (χ1v) is 13.0. The lowest BCUT2D eigenvalue weighted by atomic mass is 10.1. The van der Waals surface area contributed by atoms with Crippen LogP contribution in [0.3, 0.4) is 0 Å². The van der Waals surface area contributed by atoms with Crippen molar-refractivity contribution in [3.63, 3.8) is 0 Å². The van der Waals surface area contributed by atoms with Crippen molar-refractivity contribution in [2.24, 2.45) is 0 Å². The Hall–Kier alpha value is -2.98. The summed E-state index contributed by atoms with van der Waals surface area (Å²) < 4.78 is 36.4. The van der Waals surface area contributed by atoms with E-state index in [4.69, 9.17) is 32.1 Å². The molecule has 0 aliphatic carbocycles. The minimum Gasteiger partial charge on any atom is -0.493 e. The largest absolute Gasteiger partial charge is 0.493 e. The van der Waals surface area contributed by atoms with E-state index in [9.17, 15) is 18.0 Å². The van der Waals surface area contributed by atoms with Crippen LogP contribution in [0.5, 0.6) is 11.5 Å². The lowest BCUT2D eigenvalue weighted by Gasteiger charge is -2.14. The van der Waals surface area contributed by atoms with Gasteiger partial charge in [-0.25, -0.2) is 0 Å². The molecule has 0 saturated carbocycles. The van der Waals surface area contributed by atoms with Crippen LogP contribution in [0, 0.1) is 0 Å². The predicted octanol–water partition coefficient (Wildman–Crippen LogP) is 6.01. The van der Waals surface area contributed by atoms with Crippen molar-refractivity contribution in [1.29, 1.82) is 0 Å². The van der Waals surface area contributed by atoms with Gasteiger partial charge in [0, 0.05) is 5.56 Å². The van der Waals surface area contributed by atoms with Gasteiger partial charge < -0.3 is 8.92 Å². The molecule has 1 heterocycles. The first-order valence-electron chi connectivity index (χ1n) is 10.1. The molecule has 0 spiro atoms. The molecule has 7 nitrogen and oxygen atoms in total. The predicted molar refractivity (Wildman–Crippen MR) is 135 cm³/mol. The van der Waals surface area contributed by atoms with Gasteiger partial charge >= 0.3 is 10.1 Å². The van der Waals surface area contributed by atoms with Crippen molar-refractivity contribution in [2.75, 3.05) is 7.11 Å². The molecule has 180 valence electrons. The summed E-state index contributed by atoms with van der Waals surface area (Å²) in [4.78, 5) is 26.7. The third-order valence-electron chi connectivity index (χ3n) is 4.94. The smallest absolute Gasteiger partial charge is 0.339 e. The topological polar surface area (TPSA) is 90.0 Å². The van der Waals surface area contributed by atoms with E-state index in [1.165, 1.54) is 31.4 Å². The first-order chi connectivity index (χ1) is 16.7. The highest BCUT2D eigenvalue weighted by Crippen LogP contribution is 2.39. The number of benzene rings is 3. The van der Waals surface area contributed by atoms with E-state index < -0.39 is 21.3 Å². The SMILES string of the molecule is COc1cccc(/C=C2\SC(=O)N(Cc3ccc(Cl)c(Cl)c3)C2=O)c1OS(=O)(=O)c1ccccc1. The van der Waals surface area contributed by atoms with Gasteiger partial charge in [0.05, 0.1) is 28.6 Å². The second kappa shape index (κ2) is 10.3. The quantitative estimate of drug-likeness (QED) is 0.263. The zero-order valence-corrected chi connectivity index (χ0v) is 21.2. The molecule has 1 aliphatic rings. The number of carbonyl (C=O) groups is 2. The van der Waals surface area contributed by atoms with E-state index >= 15 is 0 Å². The monoisotopic (exact) mass is 549 g/mol. The molecular formula is C24H17Cl2NO6S2. The average Bonchev–Trinajstić information content (AvgIpc) is 3.10. The van der Waals surface area contributed by atoms with Crippen LogP contribution < -0.4 is 8.92 Å². The van der Waals surface area contributed by atoms with Gasteiger partial charge in [-0.2, -0.15) is 8.42 Å². The molecule has 0 N–H and O–H groups in total. The van der Waals surface area contributed by atoms with Gasteiger partial charge in [0.25, 0.3) is 11.1 Å². The molecule has 1 aliphatic heterocycles. The summed E-state index contributed by atoms with van der Waals surface area (Å²) in [6.07, 6.45) is 1.40. The average molecular weight is 550 g/mol. The van der Waals surface area contributed by atoms with E-state index in [1.54, 1.807) is 48.5 Å². The fourth-order valence-electron chi connectivity index (χ4n) is 3.24. The van der Waals surface area contributed by atoms with Crippen molar-refractivity contribution < 1.29 is 26.9 Å². The highest BCUT2D eigenvalue weighted by Gasteiger charge is 2.35. The summed E-state index contributed by atoms with van der Waals surface area (Å²) in [6.45, 7) is 0.00273. The number of ether oxygens (including phenoxy) is 1. The Kier molecular flexibility index (Phi) is 7.42. The third kappa shape index (κ3) is 5.48. The van der Waals surface area contributed by atoms with Crippen LogP contribution in [0.2, 0.25) is 10.0 Å². The Morgan fingerprint density at radius 2 is 1.71 bits per heavy atom. The van der Waals surface area contributed by atoms with Crippen LogP contribution in [0.4, 0.5) is 4.79 Å². The Balaban J connectivity index is 1.66. The van der Waals surface area contributed by atoms with E-state index in [0.717, 1.165) is 16.7 Å². The second-order valence-corrected chi connectivity index (χ2v) is 10.6. The van der Waals surface area contributed by atoms with Crippen molar-refractivity contribution in [3.8, 4) is 11.5 Å². The van der Waals surface area contributed by atoms with Crippen LogP contribution in [-0.2, 0) is 21.5 Å². The lowest BCUT2D eigenvalue weighted by Crippen LogP contribution is -2.27. The van der Waals surface area contributed by atoms with Crippen LogP contribution in [-0.4, -0.2) is 31.6 Å². The summed E-state index contributed by atoms with van der Waals surface area (Å²) in [6, 6.07) is 17.2. The lowest BCUT2D eigenvalue weighted by molar-refractivity contribution is -0.123. The summed E-state index contributed by atoms with van der Waals surface area (Å²) in [5.74, 6) is -0.491. The van der Waals surface area contributed by atoms with Crippen LogP contribution in [0.1, 0.15) is 11.1 Å². The highest BCUT2D eigenvalue weighted by atomic mass is 35.5. The number of hydrogen-bond donors (Lipinski definition) is 0. The van der Waals surface area contributed by atoms with E-state index in [-0.39, 0.29) is 33.4 Å². The number of halogens is 2. The van der Waals surface area contributed by atoms with Crippen LogP contribution >= 0.6 is 35.0 Å². The molecule has 0 unspecified atom stereocenters. The minimum atomic E-state index is -4.19. The van der Waals surface area contributed by atoms with Gasteiger partial charge in [0.2, 0.25) is 0 Å². The van der Waals surface area contributed by atoms with Gasteiger partial charge in [-0.3, -0.25) is 14.5 Å². The molecule has 0 bridgehead atoms. The number of carbonyl (C=O) groups excluding carboxylic acids is 2. The van der Waals surface area contributed by atoms with Gasteiger partial charge in [-0.1, -0.05) is 59.6 Å². The summed E-state index contributed by atoms with van der Waals surface area (Å²) in [7, 11) is -2.82. The Morgan fingerprint density at radius 3 is 2.40 bits per heavy atom. The van der Waals surface area contributed by atoms with Gasteiger partial charge in [0.1, 0.15) is 4.90 Å². The number of imide groups is 1. The maximum absolute atomic E-state index is 13.0. The fraction of sp³-hybridized carbons (Fsp3) is 0.0833. The molecule has 3 aromatic rings. The molecule has 4 rings (SSSR count). The normalized spacial score (nSPS) is 15.1. The number of methoxy groups -OCH3 is 1. The molecule has 35 heavy (non-hydrogen) atoms. The van der Waals surface area contributed by atoms with Gasteiger partial charge in [0.15, 0.2) is 11.5 Å². The molecule has 0 atom stereocenters. The molecular weight excluding hydrogens is 533 g/mol. The van der Waals surface area contributed by atoms with Crippen molar-refractivity contribution in [3.05, 3.63) is 92.8 Å². The summed E-state index contributed by atoms with van der Waals surface area (Å²) in [5, 5.41) is 0.194. The van der Waals surface area contributed by atoms with E-state index in [2.05, 4.69) is 0 Å². The molecule has 2 amide bonds. The number of nitrogens with zero attached hydrogens (tertiary/aromatic N) is 1. The maximum atomic E-state index is 13.0. The van der Waals surface area contributed by atoms with Gasteiger partial charge in [-0.05, 0) is 53.7 Å². The fourth-order valence-corrected chi connectivity index (χ4v) is 5.37. The van der Waals surface area contributed by atoms with Crippen molar-refractivity contribution in [2.45, 2.75) is 11.4 Å². The van der Waals surface area contributed by atoms with Crippen molar-refractivity contribution >= 4 is 62.3 Å². The molecule has 0 radical (unpaired) electrons. The van der Waals surface area contributed by atoms with E-state index in [1.807, 2.05) is 0 Å². The van der Waals surface area contributed by atoms with Crippen molar-refractivity contribution in [1.82, 2.24) is 4.90 Å². The van der Waals surface area contributed by atoms with E-state index in [0.29, 0.717) is 15.6 Å². The van der Waals surface area contributed by atoms with Crippen LogP contribution in [0.25, 0.3) is 6.08 Å². The molecule has 11 heteroatoms.